The molecule has 0 saturated carbocycles. The first-order chi connectivity index (χ1) is 22.8. The first kappa shape index (κ1) is 25.2. The smallest absolute Gasteiger partial charge is 0.143 e. The summed E-state index contributed by atoms with van der Waals surface area (Å²) in [7, 11) is 0. The van der Waals surface area contributed by atoms with Gasteiger partial charge in [0, 0.05) is 32.8 Å². The van der Waals surface area contributed by atoms with Crippen molar-refractivity contribution in [2.24, 2.45) is 0 Å². The van der Waals surface area contributed by atoms with E-state index < -0.39 is 0 Å². The van der Waals surface area contributed by atoms with Gasteiger partial charge >= 0.3 is 0 Å². The van der Waals surface area contributed by atoms with Crippen LogP contribution in [0.4, 0.5) is 0 Å². The van der Waals surface area contributed by atoms with Crippen LogP contribution in [0, 0.1) is 0 Å². The molecular weight excluding hydrogens is 558 g/mol. The summed E-state index contributed by atoms with van der Waals surface area (Å²) >= 11 is 0. The molecule has 2 nitrogen and oxygen atoms in total. The Balaban J connectivity index is 1.06. The number of hydrogen-bond acceptors (Lipinski definition) is 1. The normalized spacial score (nSPS) is 11.9. The lowest BCUT2D eigenvalue weighted by atomic mass is 9.97. The molecule has 2 aromatic heterocycles. The van der Waals surface area contributed by atoms with Gasteiger partial charge < -0.3 is 8.98 Å². The van der Waals surface area contributed by atoms with E-state index >= 15 is 0 Å². The number of para-hydroxylation sites is 2. The molecule has 0 bridgehead atoms. The molecule has 0 spiro atoms. The SMILES string of the molecule is c1ccc(-c2cc3ccc4cccc5c4c3c(c2)n5-c2ccc(-c3ccc(-c4cccc5c4oc4ccccc45)cc3)cc2)cc1. The van der Waals surface area contributed by atoms with Crippen molar-refractivity contribution in [2.75, 3.05) is 0 Å². The van der Waals surface area contributed by atoms with Crippen molar-refractivity contribution < 1.29 is 4.42 Å². The van der Waals surface area contributed by atoms with Crippen molar-refractivity contribution >= 4 is 54.5 Å². The number of rotatable bonds is 4. The quantitative estimate of drug-likeness (QED) is 0.188. The van der Waals surface area contributed by atoms with E-state index in [4.69, 9.17) is 4.42 Å². The molecule has 10 aromatic rings. The van der Waals surface area contributed by atoms with Gasteiger partial charge in [0.25, 0.3) is 0 Å². The van der Waals surface area contributed by atoms with E-state index in [-0.39, 0.29) is 0 Å². The highest BCUT2D eigenvalue weighted by Crippen LogP contribution is 2.41. The van der Waals surface area contributed by atoms with Crippen LogP contribution in [-0.2, 0) is 0 Å². The lowest BCUT2D eigenvalue weighted by molar-refractivity contribution is 0.670. The van der Waals surface area contributed by atoms with E-state index in [0.717, 1.165) is 38.8 Å². The second-order valence-corrected chi connectivity index (χ2v) is 12.1. The molecule has 8 aromatic carbocycles. The molecular formula is C44H27NO. The highest BCUT2D eigenvalue weighted by Gasteiger charge is 2.18. The lowest BCUT2D eigenvalue weighted by Crippen LogP contribution is -1.94. The maximum Gasteiger partial charge on any atom is 0.143 e. The molecule has 0 unspecified atom stereocenters. The maximum atomic E-state index is 6.31. The van der Waals surface area contributed by atoms with Gasteiger partial charge in [-0.25, -0.2) is 0 Å². The Labute approximate surface area is 265 Å². The molecule has 0 atom stereocenters. The van der Waals surface area contributed by atoms with E-state index in [9.17, 15) is 0 Å². The summed E-state index contributed by atoms with van der Waals surface area (Å²) in [5.41, 5.74) is 12.6. The Hall–Kier alpha value is -6.12. The summed E-state index contributed by atoms with van der Waals surface area (Å²) < 4.78 is 8.74. The number of nitrogens with zero attached hydrogens (tertiary/aromatic N) is 1. The Morgan fingerprint density at radius 2 is 1.04 bits per heavy atom. The first-order valence-corrected chi connectivity index (χ1v) is 15.8. The van der Waals surface area contributed by atoms with Crippen LogP contribution < -0.4 is 0 Å². The van der Waals surface area contributed by atoms with Crippen molar-refractivity contribution in [1.29, 1.82) is 0 Å². The molecule has 0 N–H and O–H groups in total. The zero-order chi connectivity index (χ0) is 30.2. The van der Waals surface area contributed by atoms with Gasteiger partial charge in [-0.2, -0.15) is 0 Å². The number of benzene rings is 8. The largest absolute Gasteiger partial charge is 0.455 e. The predicted molar refractivity (Wildman–Crippen MR) is 193 cm³/mol. The van der Waals surface area contributed by atoms with Crippen LogP contribution in [0.3, 0.4) is 0 Å². The van der Waals surface area contributed by atoms with Gasteiger partial charge in [0.15, 0.2) is 0 Å². The van der Waals surface area contributed by atoms with Crippen LogP contribution in [0.15, 0.2) is 168 Å². The minimum absolute atomic E-state index is 0.923. The van der Waals surface area contributed by atoms with Crippen molar-refractivity contribution in [2.45, 2.75) is 0 Å². The third-order valence-corrected chi connectivity index (χ3v) is 9.56. The van der Waals surface area contributed by atoms with Crippen LogP contribution in [0.25, 0.3) is 93.6 Å². The summed E-state index contributed by atoms with van der Waals surface area (Å²) in [6.45, 7) is 0. The molecule has 0 aliphatic heterocycles. The van der Waals surface area contributed by atoms with Gasteiger partial charge in [-0.3, -0.25) is 0 Å². The molecule has 10 rings (SSSR count). The Bertz CT molecular complexity index is 2710. The van der Waals surface area contributed by atoms with Crippen molar-refractivity contribution in [1.82, 2.24) is 4.57 Å². The molecule has 0 aliphatic carbocycles. The summed E-state index contributed by atoms with van der Waals surface area (Å²) in [6.07, 6.45) is 0. The van der Waals surface area contributed by atoms with E-state index in [0.29, 0.717) is 0 Å². The van der Waals surface area contributed by atoms with Gasteiger partial charge in [0.2, 0.25) is 0 Å². The van der Waals surface area contributed by atoms with Gasteiger partial charge in [-0.05, 0) is 75.0 Å². The second kappa shape index (κ2) is 9.69. The fraction of sp³-hybridized carbons (Fsp3) is 0. The van der Waals surface area contributed by atoms with Crippen molar-refractivity contribution in [3.63, 3.8) is 0 Å². The molecule has 214 valence electrons. The third-order valence-electron chi connectivity index (χ3n) is 9.56. The Morgan fingerprint density at radius 3 is 1.89 bits per heavy atom. The van der Waals surface area contributed by atoms with Crippen LogP contribution in [0.2, 0.25) is 0 Å². The molecule has 0 amide bonds. The average molecular weight is 586 g/mol. The summed E-state index contributed by atoms with van der Waals surface area (Å²) in [5, 5.41) is 7.51. The molecule has 0 saturated heterocycles. The maximum absolute atomic E-state index is 6.31. The molecule has 2 heterocycles. The molecule has 0 radical (unpaired) electrons. The lowest BCUT2D eigenvalue weighted by Gasteiger charge is -2.11. The summed E-state index contributed by atoms with van der Waals surface area (Å²) in [4.78, 5) is 0. The number of hydrogen-bond donors (Lipinski definition) is 0. The standard InChI is InChI=1S/C44H27NO/c1-2-8-28(9-3-1)34-26-33-21-20-32-10-6-14-39-42(32)43(33)40(27-34)45(39)35-24-22-30(23-25-35)29-16-18-31(19-17-29)36-12-7-13-38-37-11-4-5-15-41(37)46-44(36)38/h1-27H. The Morgan fingerprint density at radius 1 is 0.391 bits per heavy atom. The van der Waals surface area contributed by atoms with Crippen LogP contribution in [-0.4, -0.2) is 4.57 Å². The van der Waals surface area contributed by atoms with Crippen molar-refractivity contribution in [3.05, 3.63) is 164 Å². The second-order valence-electron chi connectivity index (χ2n) is 12.1. The highest BCUT2D eigenvalue weighted by molar-refractivity contribution is 6.25. The van der Waals surface area contributed by atoms with Crippen molar-refractivity contribution in [3.8, 4) is 39.1 Å². The Kier molecular flexibility index (Phi) is 5.31. The monoisotopic (exact) mass is 585 g/mol. The zero-order valence-electron chi connectivity index (χ0n) is 24.9. The average Bonchev–Trinajstić information content (AvgIpc) is 3.68. The molecule has 0 aliphatic rings. The van der Waals surface area contributed by atoms with Gasteiger partial charge in [0.1, 0.15) is 11.2 Å². The number of fused-ring (bicyclic) bond motifs is 3. The van der Waals surface area contributed by atoms with Crippen LogP contribution in [0.5, 0.6) is 0 Å². The van der Waals surface area contributed by atoms with Gasteiger partial charge in [-0.15, -0.1) is 0 Å². The van der Waals surface area contributed by atoms with Crippen LogP contribution >= 0.6 is 0 Å². The fourth-order valence-electron chi connectivity index (χ4n) is 7.39. The van der Waals surface area contributed by atoms with Gasteiger partial charge in [0.05, 0.1) is 11.0 Å². The minimum atomic E-state index is 0.923. The van der Waals surface area contributed by atoms with E-state index in [1.54, 1.807) is 0 Å². The van der Waals surface area contributed by atoms with Gasteiger partial charge in [-0.1, -0.05) is 127 Å². The van der Waals surface area contributed by atoms with Crippen LogP contribution in [0.1, 0.15) is 0 Å². The topological polar surface area (TPSA) is 18.1 Å². The first-order valence-electron chi connectivity index (χ1n) is 15.8. The number of aromatic nitrogens is 1. The molecule has 46 heavy (non-hydrogen) atoms. The highest BCUT2D eigenvalue weighted by atomic mass is 16.3. The van der Waals surface area contributed by atoms with E-state index in [1.165, 1.54) is 54.8 Å². The van der Waals surface area contributed by atoms with E-state index in [2.05, 4.69) is 156 Å². The molecule has 0 fully saturated rings. The third kappa shape index (κ3) is 3.71. The summed E-state index contributed by atoms with van der Waals surface area (Å²) in [5.74, 6) is 0. The fourth-order valence-corrected chi connectivity index (χ4v) is 7.39. The molecule has 2 heteroatoms. The predicted octanol–water partition coefficient (Wildman–Crippen LogP) is 12.3. The zero-order valence-corrected chi connectivity index (χ0v) is 24.9. The summed E-state index contributed by atoms with van der Waals surface area (Å²) in [6, 6.07) is 59.0. The van der Waals surface area contributed by atoms with E-state index in [1.807, 2.05) is 12.1 Å². The number of furan rings is 1. The minimum Gasteiger partial charge on any atom is -0.455 e.